The average Bonchev–Trinajstić information content (AvgIpc) is 3.31. The number of amides is 1. The first-order chi connectivity index (χ1) is 31.8. The van der Waals surface area contributed by atoms with E-state index in [9.17, 15) is 4.79 Å². The molecular weight excluding hydrogens is 817 g/mol. The summed E-state index contributed by atoms with van der Waals surface area (Å²) in [6, 6.07) is 37.9. The van der Waals surface area contributed by atoms with Crippen LogP contribution in [0.1, 0.15) is 145 Å². The molecule has 0 aliphatic carbocycles. The number of likely N-dealkylation sites (N-methyl/N-ethyl adjacent to an activating group) is 1. The zero-order valence-corrected chi connectivity index (χ0v) is 41.6. The lowest BCUT2D eigenvalue weighted by Gasteiger charge is -2.48. The van der Waals surface area contributed by atoms with Crippen LogP contribution in [0.25, 0.3) is 0 Å². The number of unbranched alkanes of at least 4 members (excludes halogenated alkanes) is 2. The van der Waals surface area contributed by atoms with E-state index in [-0.39, 0.29) is 30.3 Å². The molecule has 0 bridgehead atoms. The van der Waals surface area contributed by atoms with Crippen molar-refractivity contribution in [3.63, 3.8) is 0 Å². The fraction of sp³-hybridized carbons (Fsp3) is 0.569. The molecule has 3 heterocycles. The van der Waals surface area contributed by atoms with E-state index in [2.05, 4.69) is 151 Å². The van der Waals surface area contributed by atoms with Gasteiger partial charge in [0.1, 0.15) is 5.60 Å². The highest BCUT2D eigenvalue weighted by molar-refractivity contribution is 5.68. The number of alkyl carbamates (subject to hydrolysis) is 1. The predicted molar refractivity (Wildman–Crippen MR) is 273 cm³/mol. The van der Waals surface area contributed by atoms with Crippen LogP contribution in [0.5, 0.6) is 0 Å². The number of ether oxygens (including phenoxy) is 3. The van der Waals surface area contributed by atoms with E-state index >= 15 is 0 Å². The Hall–Kier alpha value is -4.37. The smallest absolute Gasteiger partial charge is 0.407 e. The molecule has 66 heavy (non-hydrogen) atoms. The molecule has 1 amide bonds. The van der Waals surface area contributed by atoms with Crippen LogP contribution in [0, 0.1) is 12.3 Å². The Kier molecular flexibility index (Phi) is 17.7. The van der Waals surface area contributed by atoms with Gasteiger partial charge >= 0.3 is 6.09 Å². The van der Waals surface area contributed by atoms with E-state index in [1.54, 1.807) is 0 Å². The Morgan fingerprint density at radius 1 is 0.742 bits per heavy atom. The van der Waals surface area contributed by atoms with Gasteiger partial charge in [0.15, 0.2) is 0 Å². The minimum absolute atomic E-state index is 0.0697. The maximum Gasteiger partial charge on any atom is 0.407 e. The normalized spacial score (nSPS) is 20.5. The number of rotatable bonds is 19. The van der Waals surface area contributed by atoms with Crippen molar-refractivity contribution in [3.05, 3.63) is 131 Å². The summed E-state index contributed by atoms with van der Waals surface area (Å²) < 4.78 is 18.9. The molecule has 1 N–H and O–H groups in total. The maximum absolute atomic E-state index is 12.5. The van der Waals surface area contributed by atoms with E-state index in [4.69, 9.17) is 14.2 Å². The number of benzene rings is 4. The second kappa shape index (κ2) is 23.6. The molecule has 3 aliphatic heterocycles. The van der Waals surface area contributed by atoms with Gasteiger partial charge in [-0.25, -0.2) is 4.79 Å². The number of hydrogen-bond acceptors (Lipinski definition) is 7. The molecule has 3 fully saturated rings. The van der Waals surface area contributed by atoms with Gasteiger partial charge in [0.2, 0.25) is 0 Å². The summed E-state index contributed by atoms with van der Waals surface area (Å²) in [6.07, 6.45) is 12.7. The summed E-state index contributed by atoms with van der Waals surface area (Å²) in [5.41, 5.74) is 9.21. The summed E-state index contributed by atoms with van der Waals surface area (Å²) >= 11 is 0. The number of carbonyl (C=O) groups is 1. The third kappa shape index (κ3) is 14.3. The number of nitrogens with zero attached hydrogens (tertiary/aromatic N) is 3. The van der Waals surface area contributed by atoms with Gasteiger partial charge < -0.3 is 34.2 Å². The molecule has 8 heteroatoms. The van der Waals surface area contributed by atoms with Crippen LogP contribution in [0.4, 0.5) is 16.2 Å². The number of likely N-dealkylation sites (tertiary alicyclic amines) is 1. The van der Waals surface area contributed by atoms with E-state index in [1.165, 1.54) is 84.1 Å². The van der Waals surface area contributed by atoms with Crippen molar-refractivity contribution in [2.75, 3.05) is 56.1 Å². The summed E-state index contributed by atoms with van der Waals surface area (Å²) in [7, 11) is 2.15. The molecule has 1 spiro atoms. The van der Waals surface area contributed by atoms with Crippen LogP contribution in [-0.4, -0.2) is 81.2 Å². The van der Waals surface area contributed by atoms with Crippen molar-refractivity contribution in [1.29, 1.82) is 0 Å². The molecule has 3 unspecified atom stereocenters. The third-order valence-corrected chi connectivity index (χ3v) is 14.9. The van der Waals surface area contributed by atoms with Crippen molar-refractivity contribution >= 4 is 17.5 Å². The minimum atomic E-state index is -0.500. The number of anilines is 2. The van der Waals surface area contributed by atoms with Gasteiger partial charge in [-0.05, 0) is 156 Å². The van der Waals surface area contributed by atoms with Gasteiger partial charge in [0, 0.05) is 62.6 Å². The molecule has 7 rings (SSSR count). The molecule has 8 nitrogen and oxygen atoms in total. The van der Waals surface area contributed by atoms with Gasteiger partial charge in [0.25, 0.3) is 0 Å². The highest BCUT2D eigenvalue weighted by Gasteiger charge is 2.38. The third-order valence-electron chi connectivity index (χ3n) is 14.9. The Bertz CT molecular complexity index is 2050. The lowest BCUT2D eigenvalue weighted by Crippen LogP contribution is -2.49. The number of nitrogens with one attached hydrogen (secondary N) is 1. The second-order valence-electron chi connectivity index (χ2n) is 21.2. The highest BCUT2D eigenvalue weighted by atomic mass is 16.6. The zero-order valence-electron chi connectivity index (χ0n) is 41.6. The van der Waals surface area contributed by atoms with Crippen molar-refractivity contribution in [1.82, 2.24) is 10.2 Å². The van der Waals surface area contributed by atoms with Crippen molar-refractivity contribution in [3.8, 4) is 0 Å². The Balaban J connectivity index is 0.936. The summed E-state index contributed by atoms with van der Waals surface area (Å²) in [5, 5.41) is 3.13. The van der Waals surface area contributed by atoms with Crippen LogP contribution in [0.3, 0.4) is 0 Å². The standard InChI is InChI=1S/C58H82N4O4/c1-8-9-12-21-53(65-43-47-19-15-11-16-20-47)27-29-55(45(3)64-42-46-17-13-10-14-18-46)54-28-26-52(38-44(54)2)62-36-32-58(33-37-62)30-34-61(35-31-58)51-24-22-48(23-25-51)49-39-50(41-60(7)40-49)59-56(63)66-57(4,5)6/h10-11,13-20,22-26,28,38,45,49-50,53,55H,8-9,12,21,27,29-37,39-43H2,1-7H3,(H,59,63)/t45?,49-,50+,53?,55?/m0/s1. The van der Waals surface area contributed by atoms with E-state index in [0.717, 1.165) is 65.0 Å². The van der Waals surface area contributed by atoms with Gasteiger partial charge in [-0.1, -0.05) is 105 Å². The van der Waals surface area contributed by atoms with Gasteiger partial charge in [-0.15, -0.1) is 0 Å². The van der Waals surface area contributed by atoms with Crippen LogP contribution >= 0.6 is 0 Å². The highest BCUT2D eigenvalue weighted by Crippen LogP contribution is 2.44. The molecule has 0 aromatic heterocycles. The maximum atomic E-state index is 12.5. The zero-order chi connectivity index (χ0) is 46.5. The van der Waals surface area contributed by atoms with Gasteiger partial charge in [-0.2, -0.15) is 0 Å². The minimum Gasteiger partial charge on any atom is -0.444 e. The summed E-state index contributed by atoms with van der Waals surface area (Å²) in [6.45, 7) is 20.2. The Morgan fingerprint density at radius 2 is 1.33 bits per heavy atom. The first-order valence-corrected chi connectivity index (χ1v) is 25.5. The SMILES string of the molecule is CCCCCC(CCC(c1ccc(N2CCC3(CCN(c4ccc([C@H]5C[C@@H](NC(=O)OC(C)(C)C)CN(C)C5)cc4)CC3)CC2)cc1C)C(C)OCc1ccccc1)OCc1ccccc1. The number of piperidine rings is 3. The predicted octanol–water partition coefficient (Wildman–Crippen LogP) is 12.8. The van der Waals surface area contributed by atoms with Crippen LogP contribution < -0.4 is 15.1 Å². The van der Waals surface area contributed by atoms with Crippen LogP contribution in [0.15, 0.2) is 103 Å². The summed E-state index contributed by atoms with van der Waals surface area (Å²) in [4.78, 5) is 20.1. The molecular formula is C58H82N4O4. The largest absolute Gasteiger partial charge is 0.444 e. The van der Waals surface area contributed by atoms with E-state index < -0.39 is 5.60 Å². The van der Waals surface area contributed by atoms with Crippen molar-refractivity contribution in [2.24, 2.45) is 5.41 Å². The summed E-state index contributed by atoms with van der Waals surface area (Å²) in [5.74, 6) is 0.650. The number of aryl methyl sites for hydroxylation is 1. The fourth-order valence-electron chi connectivity index (χ4n) is 11.0. The average molecular weight is 899 g/mol. The molecule has 358 valence electrons. The number of carbonyl (C=O) groups excluding carboxylic acids is 1. The molecule has 3 aliphatic rings. The number of hydrogen-bond donors (Lipinski definition) is 1. The molecule has 3 saturated heterocycles. The topological polar surface area (TPSA) is 66.5 Å². The first-order valence-electron chi connectivity index (χ1n) is 25.5. The Morgan fingerprint density at radius 3 is 1.92 bits per heavy atom. The van der Waals surface area contributed by atoms with Gasteiger partial charge in [-0.3, -0.25) is 0 Å². The molecule has 0 saturated carbocycles. The monoisotopic (exact) mass is 899 g/mol. The molecule has 5 atom stereocenters. The quantitative estimate of drug-likeness (QED) is 0.0941. The first kappa shape index (κ1) is 49.5. The van der Waals surface area contributed by atoms with Gasteiger partial charge in [0.05, 0.1) is 25.4 Å². The lowest BCUT2D eigenvalue weighted by molar-refractivity contribution is 0.00883. The van der Waals surface area contributed by atoms with Crippen LogP contribution in [-0.2, 0) is 27.4 Å². The van der Waals surface area contributed by atoms with E-state index in [0.29, 0.717) is 24.5 Å². The Labute approximate surface area is 398 Å². The molecule has 4 aromatic carbocycles. The lowest BCUT2D eigenvalue weighted by atomic mass is 9.71. The fourth-order valence-corrected chi connectivity index (χ4v) is 11.0. The molecule has 4 aromatic rings. The second-order valence-corrected chi connectivity index (χ2v) is 21.2. The van der Waals surface area contributed by atoms with Crippen molar-refractivity contribution in [2.45, 2.75) is 161 Å². The van der Waals surface area contributed by atoms with Crippen molar-refractivity contribution < 1.29 is 19.0 Å². The molecule has 0 radical (unpaired) electrons. The van der Waals surface area contributed by atoms with E-state index in [1.807, 2.05) is 20.8 Å². The van der Waals surface area contributed by atoms with Crippen LogP contribution in [0.2, 0.25) is 0 Å².